The van der Waals surface area contributed by atoms with Crippen molar-refractivity contribution in [3.8, 4) is 0 Å². The lowest BCUT2D eigenvalue weighted by molar-refractivity contribution is 0.301. The fourth-order valence-electron chi connectivity index (χ4n) is 2.53. The molecule has 1 aliphatic heterocycles. The highest BCUT2D eigenvalue weighted by atomic mass is 19.2. The number of hydrogen-bond donors (Lipinski definition) is 1. The summed E-state index contributed by atoms with van der Waals surface area (Å²) in [6.45, 7) is 2.66. The zero-order chi connectivity index (χ0) is 15.0. The van der Waals surface area contributed by atoms with E-state index in [4.69, 9.17) is 5.73 Å². The van der Waals surface area contributed by atoms with Gasteiger partial charge in [0.15, 0.2) is 23.3 Å². The van der Waals surface area contributed by atoms with Crippen LogP contribution in [0.2, 0.25) is 0 Å². The van der Waals surface area contributed by atoms with Crippen molar-refractivity contribution in [3.05, 3.63) is 29.1 Å². The van der Waals surface area contributed by atoms with Gasteiger partial charge in [0.1, 0.15) is 5.69 Å². The van der Waals surface area contributed by atoms with E-state index in [1.807, 2.05) is 6.92 Å². The van der Waals surface area contributed by atoms with E-state index in [-0.39, 0.29) is 24.9 Å². The second-order valence-corrected chi connectivity index (χ2v) is 5.13. The lowest BCUT2D eigenvalue weighted by Gasteiger charge is -2.38. The monoisotopic (exact) mass is 294 g/mol. The third kappa shape index (κ3) is 2.34. The molecule has 1 aromatic carbocycles. The molecule has 0 bridgehead atoms. The lowest BCUT2D eigenvalue weighted by atomic mass is 9.87. The topological polar surface area (TPSA) is 29.3 Å². The Morgan fingerprint density at radius 3 is 2.00 bits per heavy atom. The molecule has 2 unspecified atom stereocenters. The van der Waals surface area contributed by atoms with E-state index < -0.39 is 34.8 Å². The number of nitrogens with zero attached hydrogens (tertiary/aromatic N) is 1. The average Bonchev–Trinajstić information content (AvgIpc) is 2.45. The quantitative estimate of drug-likeness (QED) is 0.516. The van der Waals surface area contributed by atoms with Crippen molar-refractivity contribution in [2.75, 3.05) is 24.5 Å². The number of nitrogens with two attached hydrogens (primary N) is 1. The molecule has 1 heterocycles. The van der Waals surface area contributed by atoms with Crippen molar-refractivity contribution < 1.29 is 22.0 Å². The second kappa shape index (κ2) is 5.55. The van der Waals surface area contributed by atoms with Gasteiger partial charge in [0.05, 0.1) is 0 Å². The Morgan fingerprint density at radius 1 is 1.00 bits per heavy atom. The molecular weight excluding hydrogens is 279 g/mol. The number of rotatable bonds is 2. The molecule has 2 rings (SSSR count). The Labute approximate surface area is 113 Å². The van der Waals surface area contributed by atoms with Crippen LogP contribution in [0.4, 0.5) is 27.6 Å². The minimum absolute atomic E-state index is 0.0428. The largest absolute Gasteiger partial charge is 0.366 e. The highest BCUT2D eigenvalue weighted by molar-refractivity contribution is 5.51. The summed E-state index contributed by atoms with van der Waals surface area (Å²) in [5, 5.41) is 0. The average molecular weight is 294 g/mol. The van der Waals surface area contributed by atoms with Gasteiger partial charge in [0.25, 0.3) is 0 Å². The summed E-state index contributed by atoms with van der Waals surface area (Å²) < 4.78 is 66.8. The summed E-state index contributed by atoms with van der Waals surface area (Å²) in [4.78, 5) is 1.19. The number of hydrogen-bond acceptors (Lipinski definition) is 2. The Bertz CT molecular complexity index is 491. The molecule has 112 valence electrons. The van der Waals surface area contributed by atoms with Crippen LogP contribution in [0.3, 0.4) is 0 Å². The molecule has 0 saturated carbocycles. The normalized spacial score (nSPS) is 23.2. The predicted molar refractivity (Wildman–Crippen MR) is 64.8 cm³/mol. The minimum atomic E-state index is -2.13. The van der Waals surface area contributed by atoms with E-state index in [1.165, 1.54) is 4.90 Å². The lowest BCUT2D eigenvalue weighted by Crippen LogP contribution is -2.43. The van der Waals surface area contributed by atoms with E-state index in [0.29, 0.717) is 13.0 Å². The van der Waals surface area contributed by atoms with Gasteiger partial charge in [-0.3, -0.25) is 0 Å². The summed E-state index contributed by atoms with van der Waals surface area (Å²) in [5.74, 6) is -9.33. The Hall–Kier alpha value is -1.37. The zero-order valence-corrected chi connectivity index (χ0v) is 10.9. The fourth-order valence-corrected chi connectivity index (χ4v) is 2.53. The van der Waals surface area contributed by atoms with Crippen molar-refractivity contribution in [1.29, 1.82) is 0 Å². The van der Waals surface area contributed by atoms with E-state index in [0.717, 1.165) is 0 Å². The summed E-state index contributed by atoms with van der Waals surface area (Å²) >= 11 is 0. The van der Waals surface area contributed by atoms with E-state index in [9.17, 15) is 22.0 Å². The van der Waals surface area contributed by atoms with Crippen molar-refractivity contribution >= 4 is 5.69 Å². The van der Waals surface area contributed by atoms with Crippen LogP contribution < -0.4 is 10.6 Å². The van der Waals surface area contributed by atoms with Crippen LogP contribution in [0.15, 0.2) is 0 Å². The molecule has 0 amide bonds. The third-order valence-corrected chi connectivity index (χ3v) is 3.92. The second-order valence-electron chi connectivity index (χ2n) is 5.13. The SMILES string of the molecule is CC1CCN(c2c(F)c(F)c(F)c(F)c2F)CC1CN. The van der Waals surface area contributed by atoms with Crippen LogP contribution in [0, 0.1) is 40.9 Å². The van der Waals surface area contributed by atoms with Gasteiger partial charge >= 0.3 is 0 Å². The molecule has 7 heteroatoms. The number of piperidine rings is 1. The molecule has 2 atom stereocenters. The molecule has 1 saturated heterocycles. The summed E-state index contributed by atoms with van der Waals surface area (Å²) in [6.07, 6.45) is 0.585. The molecule has 0 spiro atoms. The first-order valence-corrected chi connectivity index (χ1v) is 6.34. The molecule has 2 nitrogen and oxygen atoms in total. The van der Waals surface area contributed by atoms with Crippen LogP contribution >= 0.6 is 0 Å². The summed E-state index contributed by atoms with van der Waals surface area (Å²) in [6, 6.07) is 0. The smallest absolute Gasteiger partial charge is 0.200 e. The Kier molecular flexibility index (Phi) is 4.17. The first-order chi connectivity index (χ1) is 9.38. The van der Waals surface area contributed by atoms with E-state index in [1.54, 1.807) is 0 Å². The predicted octanol–water partition coefficient (Wildman–Crippen LogP) is 2.80. The third-order valence-electron chi connectivity index (χ3n) is 3.92. The summed E-state index contributed by atoms with van der Waals surface area (Å²) in [7, 11) is 0. The molecule has 0 radical (unpaired) electrons. The molecule has 1 aromatic rings. The Balaban J connectivity index is 2.43. The van der Waals surface area contributed by atoms with Crippen LogP contribution in [-0.4, -0.2) is 19.6 Å². The van der Waals surface area contributed by atoms with Crippen LogP contribution in [0.1, 0.15) is 13.3 Å². The minimum Gasteiger partial charge on any atom is -0.366 e. The highest BCUT2D eigenvalue weighted by Gasteiger charge is 2.33. The van der Waals surface area contributed by atoms with Gasteiger partial charge < -0.3 is 10.6 Å². The van der Waals surface area contributed by atoms with Gasteiger partial charge in [-0.05, 0) is 24.8 Å². The van der Waals surface area contributed by atoms with Gasteiger partial charge in [-0.2, -0.15) is 0 Å². The molecule has 20 heavy (non-hydrogen) atoms. The van der Waals surface area contributed by atoms with Crippen molar-refractivity contribution in [1.82, 2.24) is 0 Å². The Morgan fingerprint density at radius 2 is 1.50 bits per heavy atom. The number of halogens is 5. The van der Waals surface area contributed by atoms with Crippen LogP contribution in [-0.2, 0) is 0 Å². The molecule has 0 aromatic heterocycles. The van der Waals surface area contributed by atoms with E-state index in [2.05, 4.69) is 0 Å². The van der Waals surface area contributed by atoms with Crippen molar-refractivity contribution in [3.63, 3.8) is 0 Å². The number of benzene rings is 1. The molecule has 0 aliphatic carbocycles. The van der Waals surface area contributed by atoms with E-state index >= 15 is 0 Å². The van der Waals surface area contributed by atoms with Gasteiger partial charge in [-0.25, -0.2) is 22.0 Å². The summed E-state index contributed by atoms with van der Waals surface area (Å²) in [5.41, 5.74) is 4.72. The zero-order valence-electron chi connectivity index (χ0n) is 10.9. The fraction of sp³-hybridized carbons (Fsp3) is 0.538. The van der Waals surface area contributed by atoms with Gasteiger partial charge in [-0.1, -0.05) is 6.92 Å². The molecular formula is C13H15F5N2. The van der Waals surface area contributed by atoms with Gasteiger partial charge in [-0.15, -0.1) is 0 Å². The van der Waals surface area contributed by atoms with Gasteiger partial charge in [0, 0.05) is 13.1 Å². The van der Waals surface area contributed by atoms with Crippen LogP contribution in [0.25, 0.3) is 0 Å². The maximum absolute atomic E-state index is 13.7. The molecule has 2 N–H and O–H groups in total. The maximum Gasteiger partial charge on any atom is 0.200 e. The van der Waals surface area contributed by atoms with Crippen molar-refractivity contribution in [2.24, 2.45) is 17.6 Å². The maximum atomic E-state index is 13.7. The standard InChI is InChI=1S/C13H15F5N2/c1-6-2-3-20(5-7(6)4-19)13-11(17)9(15)8(14)10(16)12(13)18/h6-7H,2-5,19H2,1H3. The van der Waals surface area contributed by atoms with Crippen molar-refractivity contribution in [2.45, 2.75) is 13.3 Å². The first kappa shape index (κ1) is 15.0. The van der Waals surface area contributed by atoms with Gasteiger partial charge in [0.2, 0.25) is 5.82 Å². The van der Waals surface area contributed by atoms with Crippen LogP contribution in [0.5, 0.6) is 0 Å². The molecule has 1 fully saturated rings. The number of anilines is 1. The first-order valence-electron chi connectivity index (χ1n) is 6.34. The molecule has 1 aliphatic rings. The highest BCUT2D eigenvalue weighted by Crippen LogP contribution is 2.34.